The molecule has 1 atom stereocenters. The van der Waals surface area contributed by atoms with Crippen molar-refractivity contribution in [3.05, 3.63) is 82.5 Å². The Hall–Kier alpha value is -3.19. The Labute approximate surface area is 190 Å². The standard InChI is InChI=1S/C25H25FN2O3S/c1-4-31-24-14-17(10-12-23(24)30-2)22(15-32-3)28-21-11-9-16(13-20(21)27-25(28)29)18-7-5-6-8-19(18)26/h5-14,22H,4,15H2,1-3H3,(H,27,29). The molecule has 7 heteroatoms. The number of thioether (sulfide) groups is 1. The number of hydrogen-bond acceptors (Lipinski definition) is 4. The number of methoxy groups -OCH3 is 1. The van der Waals surface area contributed by atoms with Crippen LogP contribution in [-0.4, -0.2) is 35.3 Å². The van der Waals surface area contributed by atoms with Crippen molar-refractivity contribution in [3.8, 4) is 22.6 Å². The maximum atomic E-state index is 14.3. The molecule has 166 valence electrons. The Morgan fingerprint density at radius 1 is 1.09 bits per heavy atom. The van der Waals surface area contributed by atoms with Gasteiger partial charge in [-0.1, -0.05) is 30.3 Å². The van der Waals surface area contributed by atoms with E-state index in [0.717, 1.165) is 11.1 Å². The van der Waals surface area contributed by atoms with Gasteiger partial charge in [0.1, 0.15) is 5.82 Å². The van der Waals surface area contributed by atoms with Gasteiger partial charge in [0.15, 0.2) is 11.5 Å². The first-order valence-corrected chi connectivity index (χ1v) is 11.8. The molecular weight excluding hydrogens is 427 g/mol. The van der Waals surface area contributed by atoms with Crippen molar-refractivity contribution in [1.82, 2.24) is 9.55 Å². The van der Waals surface area contributed by atoms with E-state index in [4.69, 9.17) is 9.47 Å². The molecule has 1 heterocycles. The second-order valence-electron chi connectivity index (χ2n) is 7.33. The van der Waals surface area contributed by atoms with Crippen molar-refractivity contribution in [3.63, 3.8) is 0 Å². The van der Waals surface area contributed by atoms with E-state index >= 15 is 0 Å². The second kappa shape index (κ2) is 9.53. The van der Waals surface area contributed by atoms with Gasteiger partial charge in [0.25, 0.3) is 0 Å². The molecule has 1 N–H and O–H groups in total. The summed E-state index contributed by atoms with van der Waals surface area (Å²) in [5, 5.41) is 0. The molecule has 0 bridgehead atoms. The van der Waals surface area contributed by atoms with Gasteiger partial charge in [0.05, 0.1) is 30.8 Å². The number of aromatic nitrogens is 2. The summed E-state index contributed by atoms with van der Waals surface area (Å²) in [6.07, 6.45) is 2.01. The average molecular weight is 453 g/mol. The van der Waals surface area contributed by atoms with Gasteiger partial charge < -0.3 is 14.5 Å². The predicted molar refractivity (Wildman–Crippen MR) is 129 cm³/mol. The SMILES string of the molecule is CCOc1cc(C(CSC)n2c(=O)[nH]c3cc(-c4ccccc4F)ccc32)ccc1OC. The first-order chi connectivity index (χ1) is 15.6. The molecule has 0 radical (unpaired) electrons. The number of nitrogens with one attached hydrogen (secondary N) is 1. The molecule has 0 aliphatic heterocycles. The minimum atomic E-state index is -0.296. The Morgan fingerprint density at radius 2 is 1.91 bits per heavy atom. The van der Waals surface area contributed by atoms with Crippen molar-refractivity contribution in [2.75, 3.05) is 25.7 Å². The van der Waals surface area contributed by atoms with Crippen LogP contribution in [0, 0.1) is 5.82 Å². The van der Waals surface area contributed by atoms with Crippen LogP contribution in [0.1, 0.15) is 18.5 Å². The summed E-state index contributed by atoms with van der Waals surface area (Å²) in [7, 11) is 1.61. The van der Waals surface area contributed by atoms with E-state index in [2.05, 4.69) is 4.98 Å². The Morgan fingerprint density at radius 3 is 2.62 bits per heavy atom. The van der Waals surface area contributed by atoms with Crippen molar-refractivity contribution in [1.29, 1.82) is 0 Å². The number of ether oxygens (including phenoxy) is 2. The lowest BCUT2D eigenvalue weighted by Gasteiger charge is -2.20. The molecule has 4 rings (SSSR count). The van der Waals surface area contributed by atoms with Crippen molar-refractivity contribution >= 4 is 22.8 Å². The molecule has 0 saturated carbocycles. The van der Waals surface area contributed by atoms with Gasteiger partial charge >= 0.3 is 5.69 Å². The van der Waals surface area contributed by atoms with Gasteiger partial charge in [-0.15, -0.1) is 0 Å². The van der Waals surface area contributed by atoms with Gasteiger partial charge in [-0.25, -0.2) is 9.18 Å². The lowest BCUT2D eigenvalue weighted by molar-refractivity contribution is 0.310. The Kier molecular flexibility index (Phi) is 6.55. The number of imidazole rings is 1. The van der Waals surface area contributed by atoms with E-state index in [0.29, 0.717) is 40.5 Å². The van der Waals surface area contributed by atoms with Crippen LogP contribution in [-0.2, 0) is 0 Å². The van der Waals surface area contributed by atoms with Crippen molar-refractivity contribution in [2.45, 2.75) is 13.0 Å². The third-order valence-corrected chi connectivity index (χ3v) is 6.06. The van der Waals surface area contributed by atoms with Crippen LogP contribution in [0.4, 0.5) is 4.39 Å². The quantitative estimate of drug-likeness (QED) is 0.384. The lowest BCUT2D eigenvalue weighted by atomic mass is 10.0. The maximum absolute atomic E-state index is 14.3. The van der Waals surface area contributed by atoms with E-state index in [9.17, 15) is 9.18 Å². The van der Waals surface area contributed by atoms with Crippen molar-refractivity contribution in [2.24, 2.45) is 0 Å². The molecule has 1 aromatic heterocycles. The molecule has 5 nitrogen and oxygen atoms in total. The molecule has 0 spiro atoms. The number of nitrogens with zero attached hydrogens (tertiary/aromatic N) is 1. The summed E-state index contributed by atoms with van der Waals surface area (Å²) in [5.74, 6) is 1.70. The number of aromatic amines is 1. The van der Waals surface area contributed by atoms with Crippen LogP contribution in [0.15, 0.2) is 65.5 Å². The normalized spacial score (nSPS) is 12.1. The molecule has 0 aliphatic rings. The minimum Gasteiger partial charge on any atom is -0.493 e. The first kappa shape index (κ1) is 22.0. The van der Waals surface area contributed by atoms with E-state index < -0.39 is 0 Å². The fourth-order valence-corrected chi connectivity index (χ4v) is 4.61. The van der Waals surface area contributed by atoms with Crippen LogP contribution in [0.25, 0.3) is 22.2 Å². The number of rotatable bonds is 8. The molecular formula is C25H25FN2O3S. The van der Waals surface area contributed by atoms with E-state index in [1.807, 2.05) is 49.6 Å². The summed E-state index contributed by atoms with van der Waals surface area (Å²) in [6.45, 7) is 2.43. The number of halogens is 1. The minimum absolute atomic E-state index is 0.210. The highest BCUT2D eigenvalue weighted by atomic mass is 32.2. The molecule has 0 fully saturated rings. The Balaban J connectivity index is 1.83. The van der Waals surface area contributed by atoms with Gasteiger partial charge in [-0.3, -0.25) is 4.57 Å². The largest absolute Gasteiger partial charge is 0.493 e. The molecule has 4 aromatic rings. The molecule has 32 heavy (non-hydrogen) atoms. The molecule has 0 amide bonds. The third-order valence-electron chi connectivity index (χ3n) is 5.41. The van der Waals surface area contributed by atoms with E-state index in [1.165, 1.54) is 6.07 Å². The number of H-pyrrole nitrogens is 1. The maximum Gasteiger partial charge on any atom is 0.327 e. The van der Waals surface area contributed by atoms with Gasteiger partial charge in [-0.2, -0.15) is 11.8 Å². The molecule has 1 unspecified atom stereocenters. The number of hydrogen-bond donors (Lipinski definition) is 1. The van der Waals surface area contributed by atoms with Crippen LogP contribution >= 0.6 is 11.8 Å². The monoisotopic (exact) mass is 452 g/mol. The fourth-order valence-electron chi connectivity index (χ4n) is 3.95. The van der Waals surface area contributed by atoms with Gasteiger partial charge in [0.2, 0.25) is 0 Å². The number of benzene rings is 3. The zero-order chi connectivity index (χ0) is 22.7. The highest BCUT2D eigenvalue weighted by Crippen LogP contribution is 2.34. The number of fused-ring (bicyclic) bond motifs is 1. The third kappa shape index (κ3) is 4.12. The van der Waals surface area contributed by atoms with Gasteiger partial charge in [0, 0.05) is 11.3 Å². The average Bonchev–Trinajstić information content (AvgIpc) is 3.12. The highest BCUT2D eigenvalue weighted by molar-refractivity contribution is 7.98. The first-order valence-electron chi connectivity index (χ1n) is 10.4. The predicted octanol–water partition coefficient (Wildman–Crippen LogP) is 5.50. The summed E-state index contributed by atoms with van der Waals surface area (Å²) in [5.41, 5.74) is 3.39. The zero-order valence-electron chi connectivity index (χ0n) is 18.2. The molecule has 0 saturated heterocycles. The molecule has 3 aromatic carbocycles. The topological polar surface area (TPSA) is 56.2 Å². The van der Waals surface area contributed by atoms with E-state index in [1.54, 1.807) is 41.6 Å². The van der Waals surface area contributed by atoms with Crippen molar-refractivity contribution < 1.29 is 13.9 Å². The zero-order valence-corrected chi connectivity index (χ0v) is 19.0. The van der Waals surface area contributed by atoms with Crippen LogP contribution in [0.2, 0.25) is 0 Å². The summed E-state index contributed by atoms with van der Waals surface area (Å²) in [6, 6.07) is 17.7. The summed E-state index contributed by atoms with van der Waals surface area (Å²) < 4.78 is 27.2. The van der Waals surface area contributed by atoms with E-state index in [-0.39, 0.29) is 17.5 Å². The van der Waals surface area contributed by atoms with Crippen LogP contribution < -0.4 is 15.2 Å². The second-order valence-corrected chi connectivity index (χ2v) is 8.24. The highest BCUT2D eigenvalue weighted by Gasteiger charge is 2.21. The van der Waals surface area contributed by atoms with Crippen LogP contribution in [0.3, 0.4) is 0 Å². The lowest BCUT2D eigenvalue weighted by Crippen LogP contribution is -2.24. The smallest absolute Gasteiger partial charge is 0.327 e. The molecule has 0 aliphatic carbocycles. The van der Waals surface area contributed by atoms with Gasteiger partial charge in [-0.05, 0) is 54.6 Å². The Bertz CT molecular complexity index is 1300. The summed E-state index contributed by atoms with van der Waals surface area (Å²) >= 11 is 1.66. The fraction of sp³-hybridized carbons (Fsp3) is 0.240. The summed E-state index contributed by atoms with van der Waals surface area (Å²) in [4.78, 5) is 16.0. The van der Waals surface area contributed by atoms with Crippen LogP contribution in [0.5, 0.6) is 11.5 Å².